The molecule has 0 spiro atoms. The third-order valence-corrected chi connectivity index (χ3v) is 7.59. The minimum atomic E-state index is -4.18. The predicted molar refractivity (Wildman–Crippen MR) is 139 cm³/mol. The third-order valence-electron chi connectivity index (χ3n) is 4.39. The molecule has 186 valence electrons. The number of carbonyl (C=O) groups is 3. The number of halogens is 2. The van der Waals surface area contributed by atoms with Gasteiger partial charge in [0.05, 0.1) is 21.7 Å². The number of imide groups is 1. The summed E-state index contributed by atoms with van der Waals surface area (Å²) in [6.45, 7) is 3.21. The van der Waals surface area contributed by atoms with E-state index in [1.54, 1.807) is 19.9 Å². The topological polar surface area (TPSA) is 116 Å². The molecule has 1 aliphatic rings. The van der Waals surface area contributed by atoms with Crippen molar-refractivity contribution in [2.45, 2.75) is 18.7 Å². The predicted octanol–water partition coefficient (Wildman–Crippen LogP) is 4.71. The van der Waals surface area contributed by atoms with Crippen molar-refractivity contribution in [3.8, 4) is 11.5 Å². The van der Waals surface area contributed by atoms with Crippen LogP contribution in [0.2, 0.25) is 5.02 Å². The summed E-state index contributed by atoms with van der Waals surface area (Å²) in [7, 11) is -4.18. The molecule has 2 aromatic rings. The highest BCUT2D eigenvalue weighted by atomic mass is 127. The molecule has 2 aromatic carbocycles. The summed E-state index contributed by atoms with van der Waals surface area (Å²) in [5.41, 5.74) is 0.468. The van der Waals surface area contributed by atoms with Crippen LogP contribution in [-0.2, 0) is 24.4 Å². The van der Waals surface area contributed by atoms with Gasteiger partial charge in [0.2, 0.25) is 0 Å². The Morgan fingerprint density at radius 1 is 1.14 bits per heavy atom. The van der Waals surface area contributed by atoms with Crippen molar-refractivity contribution in [1.82, 2.24) is 4.90 Å². The molecule has 1 aliphatic heterocycles. The zero-order valence-electron chi connectivity index (χ0n) is 18.4. The van der Waals surface area contributed by atoms with E-state index in [4.69, 9.17) is 25.3 Å². The maximum atomic E-state index is 12.8. The Bertz CT molecular complexity index is 1300. The molecule has 0 bridgehead atoms. The SMILES string of the molecule is CCOC(=O)CN1C(=O)S/C(=C\c2cc(I)c(OS(=O)(=O)c3ccc(Cl)cc3)c(OCC)c2)C1=O. The molecule has 0 unspecified atom stereocenters. The van der Waals surface area contributed by atoms with Crippen molar-refractivity contribution in [2.75, 3.05) is 19.8 Å². The summed E-state index contributed by atoms with van der Waals surface area (Å²) in [6.07, 6.45) is 1.46. The van der Waals surface area contributed by atoms with Crippen LogP contribution in [0.3, 0.4) is 0 Å². The lowest BCUT2D eigenvalue weighted by molar-refractivity contribution is -0.145. The zero-order valence-corrected chi connectivity index (χ0v) is 23.0. The maximum absolute atomic E-state index is 12.8. The minimum absolute atomic E-state index is 0.0186. The number of amides is 2. The van der Waals surface area contributed by atoms with Crippen LogP contribution in [0, 0.1) is 3.57 Å². The minimum Gasteiger partial charge on any atom is -0.490 e. The number of hydrogen-bond acceptors (Lipinski definition) is 9. The van der Waals surface area contributed by atoms with Crippen LogP contribution >= 0.6 is 46.0 Å². The molecule has 0 radical (unpaired) electrons. The summed E-state index contributed by atoms with van der Waals surface area (Å²) in [4.78, 5) is 37.4. The lowest BCUT2D eigenvalue weighted by Gasteiger charge is -2.15. The number of carbonyl (C=O) groups excluding carboxylic acids is 3. The van der Waals surface area contributed by atoms with Crippen molar-refractivity contribution in [2.24, 2.45) is 0 Å². The Balaban J connectivity index is 1.91. The lowest BCUT2D eigenvalue weighted by atomic mass is 10.2. The Labute approximate surface area is 225 Å². The number of benzene rings is 2. The van der Waals surface area contributed by atoms with E-state index in [0.29, 0.717) is 25.9 Å². The molecule has 35 heavy (non-hydrogen) atoms. The fraction of sp³-hybridized carbons (Fsp3) is 0.227. The Morgan fingerprint density at radius 2 is 1.83 bits per heavy atom. The van der Waals surface area contributed by atoms with E-state index < -0.39 is 33.8 Å². The van der Waals surface area contributed by atoms with Gasteiger partial charge in [0.1, 0.15) is 11.4 Å². The number of esters is 1. The van der Waals surface area contributed by atoms with Gasteiger partial charge in [-0.3, -0.25) is 19.3 Å². The highest BCUT2D eigenvalue weighted by molar-refractivity contribution is 14.1. The molecule has 1 heterocycles. The van der Waals surface area contributed by atoms with Crippen molar-refractivity contribution in [3.05, 3.63) is 55.5 Å². The Kier molecular flexibility index (Phi) is 9.07. The first-order chi connectivity index (χ1) is 16.6. The van der Waals surface area contributed by atoms with Gasteiger partial charge in [0.15, 0.2) is 11.5 Å². The van der Waals surface area contributed by atoms with Crippen LogP contribution in [-0.4, -0.2) is 50.2 Å². The van der Waals surface area contributed by atoms with Gasteiger partial charge in [-0.15, -0.1) is 0 Å². The number of hydrogen-bond donors (Lipinski definition) is 0. The lowest BCUT2D eigenvalue weighted by Crippen LogP contribution is -2.34. The van der Waals surface area contributed by atoms with Crippen molar-refractivity contribution >= 4 is 79.3 Å². The Hall–Kier alpha value is -2.29. The highest BCUT2D eigenvalue weighted by Gasteiger charge is 2.36. The molecule has 0 atom stereocenters. The monoisotopic (exact) mass is 651 g/mol. The maximum Gasteiger partial charge on any atom is 0.339 e. The number of thioether (sulfide) groups is 1. The molecule has 13 heteroatoms. The van der Waals surface area contributed by atoms with Crippen LogP contribution in [0.1, 0.15) is 19.4 Å². The summed E-state index contributed by atoms with van der Waals surface area (Å²) in [5.74, 6) is -1.21. The average Bonchev–Trinajstić information content (AvgIpc) is 3.04. The molecule has 1 fully saturated rings. The molecule has 0 saturated carbocycles. The summed E-state index contributed by atoms with van der Waals surface area (Å²) in [6, 6.07) is 8.60. The quantitative estimate of drug-likeness (QED) is 0.165. The van der Waals surface area contributed by atoms with Crippen molar-refractivity contribution in [3.63, 3.8) is 0 Å². The molecule has 3 rings (SSSR count). The van der Waals surface area contributed by atoms with E-state index in [1.165, 1.54) is 36.4 Å². The Morgan fingerprint density at radius 3 is 2.46 bits per heavy atom. The standard InChI is InChI=1S/C22H19ClINO8S2/c1-3-31-17-10-13(11-18-21(27)25(22(28)34-18)12-19(26)32-4-2)9-16(24)20(17)33-35(29,30)15-7-5-14(23)6-8-15/h5-11H,3-4,12H2,1-2H3/b18-11-. The molecular formula is C22H19ClINO8S2. The highest BCUT2D eigenvalue weighted by Crippen LogP contribution is 2.38. The van der Waals surface area contributed by atoms with Gasteiger partial charge in [-0.2, -0.15) is 8.42 Å². The second kappa shape index (κ2) is 11.6. The van der Waals surface area contributed by atoms with E-state index in [0.717, 1.165) is 4.90 Å². The van der Waals surface area contributed by atoms with E-state index >= 15 is 0 Å². The van der Waals surface area contributed by atoms with Gasteiger partial charge in [-0.25, -0.2) is 0 Å². The first kappa shape index (κ1) is 27.3. The van der Waals surface area contributed by atoms with Crippen LogP contribution in [0.15, 0.2) is 46.2 Å². The van der Waals surface area contributed by atoms with Crippen molar-refractivity contribution in [1.29, 1.82) is 0 Å². The van der Waals surface area contributed by atoms with Crippen LogP contribution < -0.4 is 8.92 Å². The third kappa shape index (κ3) is 6.68. The second-order valence-electron chi connectivity index (χ2n) is 6.83. The normalized spacial score (nSPS) is 15.0. The van der Waals surface area contributed by atoms with Gasteiger partial charge in [-0.1, -0.05) is 11.6 Å². The first-order valence-corrected chi connectivity index (χ1v) is 13.8. The molecule has 0 N–H and O–H groups in total. The van der Waals surface area contributed by atoms with Crippen LogP contribution in [0.5, 0.6) is 11.5 Å². The number of ether oxygens (including phenoxy) is 2. The molecular weight excluding hydrogens is 633 g/mol. The number of rotatable bonds is 9. The van der Waals surface area contributed by atoms with Gasteiger partial charge in [0, 0.05) is 5.02 Å². The zero-order chi connectivity index (χ0) is 25.8. The second-order valence-corrected chi connectivity index (χ2v) is 11.0. The van der Waals surface area contributed by atoms with Crippen LogP contribution in [0.25, 0.3) is 6.08 Å². The fourth-order valence-corrected chi connectivity index (χ4v) is 5.70. The largest absolute Gasteiger partial charge is 0.490 e. The molecule has 0 aliphatic carbocycles. The van der Waals surface area contributed by atoms with E-state index in [1.807, 2.05) is 22.6 Å². The van der Waals surface area contributed by atoms with Crippen LogP contribution in [0.4, 0.5) is 4.79 Å². The molecule has 1 saturated heterocycles. The van der Waals surface area contributed by atoms with Gasteiger partial charge < -0.3 is 13.7 Å². The van der Waals surface area contributed by atoms with E-state index in [-0.39, 0.29) is 34.5 Å². The smallest absolute Gasteiger partial charge is 0.339 e. The van der Waals surface area contributed by atoms with Gasteiger partial charge in [-0.05, 0) is 96.2 Å². The molecule has 9 nitrogen and oxygen atoms in total. The summed E-state index contributed by atoms with van der Waals surface area (Å²) >= 11 is 8.41. The van der Waals surface area contributed by atoms with Crippen molar-refractivity contribution < 1.29 is 36.5 Å². The molecule has 0 aromatic heterocycles. The van der Waals surface area contributed by atoms with E-state index in [9.17, 15) is 22.8 Å². The number of nitrogens with zero attached hydrogens (tertiary/aromatic N) is 1. The molecule has 2 amide bonds. The van der Waals surface area contributed by atoms with Gasteiger partial charge in [0.25, 0.3) is 11.1 Å². The summed E-state index contributed by atoms with van der Waals surface area (Å²) < 4.78 is 41.7. The van der Waals surface area contributed by atoms with E-state index in [2.05, 4.69) is 0 Å². The van der Waals surface area contributed by atoms with Gasteiger partial charge >= 0.3 is 16.1 Å². The fourth-order valence-electron chi connectivity index (χ4n) is 2.90. The summed E-state index contributed by atoms with van der Waals surface area (Å²) in [5, 5.41) is -0.215. The average molecular weight is 652 g/mol. The first-order valence-electron chi connectivity index (χ1n) is 10.1.